The van der Waals surface area contributed by atoms with Crippen LogP contribution < -0.4 is 0 Å². The van der Waals surface area contributed by atoms with Gasteiger partial charge in [0.15, 0.2) is 0 Å². The molecule has 0 aromatic carbocycles. The molecule has 0 rings (SSSR count). The lowest BCUT2D eigenvalue weighted by molar-refractivity contribution is -0.113. The Kier molecular flexibility index (Phi) is 2.83. The molecule has 0 aromatic heterocycles. The van der Waals surface area contributed by atoms with Crippen molar-refractivity contribution in [2.75, 3.05) is 0 Å². The Morgan fingerprint density at radius 3 is 2.14 bits per heavy atom. The van der Waals surface area contributed by atoms with Crippen molar-refractivity contribution >= 4 is 16.8 Å². The van der Waals surface area contributed by atoms with Crippen molar-refractivity contribution in [3.05, 3.63) is 0 Å². The summed E-state index contributed by atoms with van der Waals surface area (Å²) < 4.78 is 22.0. The molecule has 42 valence electrons. The maximum Gasteiger partial charge on any atom is 0.246 e. The van der Waals surface area contributed by atoms with E-state index in [4.69, 9.17) is 0 Å². The van der Waals surface area contributed by atoms with Crippen LogP contribution in [-0.2, 0) is 4.79 Å². The zero-order valence-corrected chi connectivity index (χ0v) is 4.08. The Hall–Kier alpha value is -0.180. The van der Waals surface area contributed by atoms with E-state index in [9.17, 15) is 13.6 Å². The van der Waals surface area contributed by atoms with E-state index in [1.807, 2.05) is 0 Å². The molecule has 0 radical (unpaired) electrons. The van der Waals surface area contributed by atoms with E-state index in [-0.39, 0.29) is 0 Å². The highest BCUT2D eigenvalue weighted by Gasteiger charge is 2.05. The van der Waals surface area contributed by atoms with Gasteiger partial charge in [-0.25, -0.2) is 8.78 Å². The van der Waals surface area contributed by atoms with E-state index in [1.165, 1.54) is 0 Å². The van der Waals surface area contributed by atoms with Gasteiger partial charge in [-0.1, -0.05) is 0 Å². The zero-order valence-electron chi connectivity index (χ0n) is 3.33. The summed E-state index contributed by atoms with van der Waals surface area (Å²) in [4.78, 5) is 9.54. The highest BCUT2D eigenvalue weighted by atomic mass is 35.5. The normalized spacial score (nSPS) is 9.71. The minimum atomic E-state index is -2.61. The second kappa shape index (κ2) is 2.91. The number of alkyl halides is 2. The lowest BCUT2D eigenvalue weighted by Crippen LogP contribution is -1.95. The van der Waals surface area contributed by atoms with Gasteiger partial charge in [0.05, 0.1) is 6.42 Å². The number of halogens is 3. The Balaban J connectivity index is 3.13. The van der Waals surface area contributed by atoms with Crippen LogP contribution in [0.5, 0.6) is 0 Å². The minimum absolute atomic E-state index is 0.846. The predicted octanol–water partition coefficient (Wildman–Crippen LogP) is 1.41. The smallest absolute Gasteiger partial charge is 0.246 e. The van der Waals surface area contributed by atoms with Gasteiger partial charge < -0.3 is 0 Å². The summed E-state index contributed by atoms with van der Waals surface area (Å²) in [6.45, 7) is 0. The fourth-order valence-electron chi connectivity index (χ4n) is 0.121. The van der Waals surface area contributed by atoms with Gasteiger partial charge in [-0.15, -0.1) is 0 Å². The molecule has 0 spiro atoms. The molecule has 0 atom stereocenters. The number of carbonyl (C=O) groups excluding carboxylic acids is 1. The molecule has 0 aliphatic heterocycles. The molecule has 0 aliphatic rings. The SMILES string of the molecule is O=C(Cl)CC(F)F. The van der Waals surface area contributed by atoms with Gasteiger partial charge in [0, 0.05) is 0 Å². The number of hydrogen-bond acceptors (Lipinski definition) is 1. The summed E-state index contributed by atoms with van der Waals surface area (Å²) in [6.07, 6.45) is -3.45. The summed E-state index contributed by atoms with van der Waals surface area (Å²) in [5.41, 5.74) is 0. The first-order valence-corrected chi connectivity index (χ1v) is 1.97. The molecule has 0 bridgehead atoms. The summed E-state index contributed by atoms with van der Waals surface area (Å²) >= 11 is 4.55. The summed E-state index contributed by atoms with van der Waals surface area (Å²) in [5.74, 6) is 0. The van der Waals surface area contributed by atoms with Crippen LogP contribution in [0.4, 0.5) is 8.78 Å². The fourth-order valence-corrected chi connectivity index (χ4v) is 0.238. The first kappa shape index (κ1) is 6.82. The predicted molar refractivity (Wildman–Crippen MR) is 21.5 cm³/mol. The fraction of sp³-hybridized carbons (Fsp3) is 0.667. The number of hydrogen-bond donors (Lipinski definition) is 0. The molecule has 0 N–H and O–H groups in total. The molecule has 0 unspecified atom stereocenters. The topological polar surface area (TPSA) is 17.1 Å². The molecule has 0 saturated heterocycles. The van der Waals surface area contributed by atoms with Crippen LogP contribution in [0.25, 0.3) is 0 Å². The lowest BCUT2D eigenvalue weighted by Gasteiger charge is -1.86. The van der Waals surface area contributed by atoms with Crippen LogP contribution in [-0.4, -0.2) is 11.7 Å². The molecule has 7 heavy (non-hydrogen) atoms. The lowest BCUT2D eigenvalue weighted by atomic mass is 10.5. The van der Waals surface area contributed by atoms with Crippen LogP contribution >= 0.6 is 11.6 Å². The molecule has 4 heteroatoms. The Bertz CT molecular complexity index is 73.3. The second-order valence-corrected chi connectivity index (χ2v) is 1.37. The second-order valence-electron chi connectivity index (χ2n) is 0.950. The summed E-state index contributed by atoms with van der Waals surface area (Å²) in [5, 5.41) is -0.991. The standard InChI is InChI=1S/C3H3ClF2O/c4-2(7)1-3(5)6/h3H,1H2. The van der Waals surface area contributed by atoms with Crippen molar-refractivity contribution in [3.8, 4) is 0 Å². The van der Waals surface area contributed by atoms with Crippen molar-refractivity contribution in [2.24, 2.45) is 0 Å². The molecule has 0 aromatic rings. The highest BCUT2D eigenvalue weighted by Crippen LogP contribution is 2.00. The van der Waals surface area contributed by atoms with E-state index >= 15 is 0 Å². The van der Waals surface area contributed by atoms with Gasteiger partial charge in [-0.05, 0) is 11.6 Å². The van der Waals surface area contributed by atoms with Crippen LogP contribution in [0.2, 0.25) is 0 Å². The van der Waals surface area contributed by atoms with E-state index in [1.54, 1.807) is 0 Å². The zero-order chi connectivity index (χ0) is 5.86. The third kappa shape index (κ3) is 5.82. The first-order chi connectivity index (χ1) is 3.13. The van der Waals surface area contributed by atoms with Crippen molar-refractivity contribution < 1.29 is 13.6 Å². The van der Waals surface area contributed by atoms with Crippen LogP contribution in [0, 0.1) is 0 Å². The van der Waals surface area contributed by atoms with Gasteiger partial charge in [0.25, 0.3) is 0 Å². The molecule has 0 heterocycles. The third-order valence-electron chi connectivity index (χ3n) is 0.315. The van der Waals surface area contributed by atoms with Crippen LogP contribution in [0.3, 0.4) is 0 Å². The van der Waals surface area contributed by atoms with Gasteiger partial charge in [0.2, 0.25) is 11.7 Å². The maximum absolute atomic E-state index is 11.0. The van der Waals surface area contributed by atoms with E-state index in [2.05, 4.69) is 11.6 Å². The van der Waals surface area contributed by atoms with E-state index < -0.39 is 18.1 Å². The quantitative estimate of drug-likeness (QED) is 0.514. The largest absolute Gasteiger partial charge is 0.281 e. The first-order valence-electron chi connectivity index (χ1n) is 1.59. The summed E-state index contributed by atoms with van der Waals surface area (Å²) in [6, 6.07) is 0. The molecule has 1 nitrogen and oxygen atoms in total. The maximum atomic E-state index is 11.0. The molecule has 0 fully saturated rings. The Morgan fingerprint density at radius 1 is 1.71 bits per heavy atom. The van der Waals surface area contributed by atoms with Gasteiger partial charge in [0.1, 0.15) is 0 Å². The molecule has 0 saturated carbocycles. The van der Waals surface area contributed by atoms with Gasteiger partial charge >= 0.3 is 0 Å². The van der Waals surface area contributed by atoms with Crippen LogP contribution in [0.1, 0.15) is 6.42 Å². The van der Waals surface area contributed by atoms with Crippen molar-refractivity contribution in [1.29, 1.82) is 0 Å². The van der Waals surface area contributed by atoms with Gasteiger partial charge in [-0.2, -0.15) is 0 Å². The molecule has 0 amide bonds. The van der Waals surface area contributed by atoms with Crippen LogP contribution in [0.15, 0.2) is 0 Å². The van der Waals surface area contributed by atoms with Crippen molar-refractivity contribution in [1.82, 2.24) is 0 Å². The monoisotopic (exact) mass is 128 g/mol. The summed E-state index contributed by atoms with van der Waals surface area (Å²) in [7, 11) is 0. The molecule has 0 aliphatic carbocycles. The Morgan fingerprint density at radius 2 is 2.14 bits per heavy atom. The van der Waals surface area contributed by atoms with E-state index in [0.29, 0.717) is 0 Å². The minimum Gasteiger partial charge on any atom is -0.281 e. The van der Waals surface area contributed by atoms with E-state index in [0.717, 1.165) is 0 Å². The van der Waals surface area contributed by atoms with Crippen molar-refractivity contribution in [2.45, 2.75) is 12.8 Å². The number of carbonyl (C=O) groups is 1. The molecular weight excluding hydrogens is 125 g/mol. The highest BCUT2D eigenvalue weighted by molar-refractivity contribution is 6.63. The molecular formula is C3H3ClF2O. The average Bonchev–Trinajstić information content (AvgIpc) is 1.27. The van der Waals surface area contributed by atoms with Gasteiger partial charge in [-0.3, -0.25) is 4.79 Å². The third-order valence-corrected chi connectivity index (χ3v) is 0.469. The average molecular weight is 129 g/mol. The number of rotatable bonds is 2. The van der Waals surface area contributed by atoms with Crippen molar-refractivity contribution in [3.63, 3.8) is 0 Å². The Labute approximate surface area is 44.3 Å².